The van der Waals surface area contributed by atoms with Gasteiger partial charge in [0.2, 0.25) is 0 Å². The lowest BCUT2D eigenvalue weighted by molar-refractivity contribution is -0.162. The van der Waals surface area contributed by atoms with E-state index in [0.717, 1.165) is 19.3 Å². The Morgan fingerprint density at radius 2 is 1.77 bits per heavy atom. The summed E-state index contributed by atoms with van der Waals surface area (Å²) in [6.45, 7) is 13.8. The molecule has 0 spiro atoms. The molecule has 1 unspecified atom stereocenters. The second kappa shape index (κ2) is 7.24. The fourth-order valence-corrected chi connectivity index (χ4v) is 4.23. The molecule has 0 bridgehead atoms. The van der Waals surface area contributed by atoms with Crippen LogP contribution in [0.4, 0.5) is 4.79 Å². The van der Waals surface area contributed by atoms with Crippen LogP contribution in [0, 0.1) is 17.3 Å². The van der Waals surface area contributed by atoms with Crippen molar-refractivity contribution in [3.63, 3.8) is 0 Å². The minimum absolute atomic E-state index is 0.194. The average Bonchev–Trinajstić information content (AvgIpc) is 2.77. The summed E-state index contributed by atoms with van der Waals surface area (Å²) < 4.78 is 10.9. The molecule has 1 amide bonds. The molecule has 0 heterocycles. The van der Waals surface area contributed by atoms with Crippen LogP contribution in [-0.4, -0.2) is 29.8 Å². The largest absolute Gasteiger partial charge is 0.460 e. The number of hydrogen-bond donors (Lipinski definition) is 1. The first-order valence-electron chi connectivity index (χ1n) is 9.72. The van der Waals surface area contributed by atoms with Crippen molar-refractivity contribution in [2.75, 3.05) is 6.54 Å². The number of nitrogens with one attached hydrogen (secondary N) is 1. The van der Waals surface area contributed by atoms with E-state index in [9.17, 15) is 9.59 Å². The van der Waals surface area contributed by atoms with E-state index in [1.807, 2.05) is 41.5 Å². The number of esters is 1. The number of alkyl carbamates (subject to hydrolysis) is 1. The Balaban J connectivity index is 2.07. The van der Waals surface area contributed by atoms with Gasteiger partial charge in [0.25, 0.3) is 0 Å². The van der Waals surface area contributed by atoms with Crippen molar-refractivity contribution >= 4 is 12.1 Å². The van der Waals surface area contributed by atoms with E-state index in [4.69, 9.17) is 9.47 Å². The van der Waals surface area contributed by atoms with Crippen LogP contribution >= 0.6 is 0 Å². The van der Waals surface area contributed by atoms with Gasteiger partial charge in [-0.3, -0.25) is 4.79 Å². The first-order valence-corrected chi connectivity index (χ1v) is 9.72. The molecule has 3 atom stereocenters. The number of carbonyl (C=O) groups excluding carboxylic acids is 2. The van der Waals surface area contributed by atoms with Gasteiger partial charge >= 0.3 is 12.1 Å². The van der Waals surface area contributed by atoms with Gasteiger partial charge in [-0.25, -0.2) is 4.79 Å². The number of allylic oxidation sites excluding steroid dienone is 2. The highest BCUT2D eigenvalue weighted by Crippen LogP contribution is 2.60. The number of ether oxygens (including phenoxy) is 2. The molecule has 0 aromatic heterocycles. The maximum absolute atomic E-state index is 12.5. The fraction of sp³-hybridized carbons (Fsp3) is 0.810. The van der Waals surface area contributed by atoms with E-state index in [-0.39, 0.29) is 11.4 Å². The minimum atomic E-state index is -0.535. The van der Waals surface area contributed by atoms with Crippen LogP contribution in [0.2, 0.25) is 0 Å². The predicted molar refractivity (Wildman–Crippen MR) is 102 cm³/mol. The first kappa shape index (κ1) is 20.8. The number of carbonyl (C=O) groups is 2. The minimum Gasteiger partial charge on any atom is -0.460 e. The molecular weight excluding hydrogens is 330 g/mol. The zero-order valence-electron chi connectivity index (χ0n) is 17.4. The normalized spacial score (nSPS) is 27.9. The summed E-state index contributed by atoms with van der Waals surface area (Å²) in [5.41, 5.74) is 0.164. The van der Waals surface area contributed by atoms with Crippen molar-refractivity contribution in [2.24, 2.45) is 17.3 Å². The quantitative estimate of drug-likeness (QED) is 0.571. The second-order valence-corrected chi connectivity index (χ2v) is 9.85. The molecule has 0 aromatic rings. The third-order valence-corrected chi connectivity index (χ3v) is 5.18. The Labute approximate surface area is 157 Å². The number of amides is 1. The summed E-state index contributed by atoms with van der Waals surface area (Å²) in [4.78, 5) is 24.6. The summed E-state index contributed by atoms with van der Waals surface area (Å²) in [6.07, 6.45) is 5.33. The van der Waals surface area contributed by atoms with Gasteiger partial charge in [-0.15, -0.1) is 0 Å². The first-order chi connectivity index (χ1) is 11.8. The lowest BCUT2D eigenvalue weighted by Crippen LogP contribution is -2.54. The third kappa shape index (κ3) is 5.24. The van der Waals surface area contributed by atoms with Crippen molar-refractivity contribution in [1.82, 2.24) is 5.32 Å². The molecule has 2 aliphatic carbocycles. The van der Waals surface area contributed by atoms with Gasteiger partial charge in [0, 0.05) is 12.0 Å². The van der Waals surface area contributed by atoms with Crippen LogP contribution < -0.4 is 5.32 Å². The monoisotopic (exact) mass is 365 g/mol. The van der Waals surface area contributed by atoms with Gasteiger partial charge in [-0.05, 0) is 72.6 Å². The average molecular weight is 366 g/mol. The van der Waals surface area contributed by atoms with Crippen molar-refractivity contribution in [1.29, 1.82) is 0 Å². The van der Waals surface area contributed by atoms with Gasteiger partial charge in [0.1, 0.15) is 11.2 Å². The standard InChI is InChI=1S/C21H35NO4/c1-8-14-9-15-11-21(16(15)10-14,12-17(23)25-19(2,3)4)13-22-18(24)26-20(5,6)7/h10,15-16H,8-9,11-13H2,1-7H3,(H,22,24)/t15-,16-,21?/m1/s1. The zero-order chi connectivity index (χ0) is 19.8. The molecule has 1 fully saturated rings. The predicted octanol–water partition coefficient (Wildman–Crippen LogP) is 4.61. The fourth-order valence-electron chi connectivity index (χ4n) is 4.23. The summed E-state index contributed by atoms with van der Waals surface area (Å²) in [7, 11) is 0. The molecule has 5 heteroatoms. The highest BCUT2D eigenvalue weighted by atomic mass is 16.6. The van der Waals surface area contributed by atoms with Crippen LogP contribution in [0.5, 0.6) is 0 Å². The number of fused-ring (bicyclic) bond motifs is 1. The second-order valence-electron chi connectivity index (χ2n) is 9.85. The Morgan fingerprint density at radius 1 is 1.15 bits per heavy atom. The maximum atomic E-state index is 12.5. The van der Waals surface area contributed by atoms with Crippen LogP contribution in [0.1, 0.15) is 74.1 Å². The van der Waals surface area contributed by atoms with Crippen molar-refractivity contribution < 1.29 is 19.1 Å². The SMILES string of the molecule is CCC1=C[C@@H]2[C@H](C1)CC2(CNC(=O)OC(C)(C)C)CC(=O)OC(C)(C)C. The van der Waals surface area contributed by atoms with Gasteiger partial charge in [0.05, 0.1) is 6.42 Å². The lowest BCUT2D eigenvalue weighted by Gasteiger charge is -2.52. The maximum Gasteiger partial charge on any atom is 0.407 e. The molecule has 5 nitrogen and oxygen atoms in total. The molecule has 0 aromatic carbocycles. The van der Waals surface area contributed by atoms with E-state index in [0.29, 0.717) is 24.8 Å². The molecule has 148 valence electrons. The Morgan fingerprint density at radius 3 is 2.31 bits per heavy atom. The molecule has 1 saturated carbocycles. The third-order valence-electron chi connectivity index (χ3n) is 5.18. The van der Waals surface area contributed by atoms with Crippen LogP contribution in [0.15, 0.2) is 11.6 Å². The Hall–Kier alpha value is -1.52. The smallest absolute Gasteiger partial charge is 0.407 e. The Kier molecular flexibility index (Phi) is 5.79. The highest BCUT2D eigenvalue weighted by molar-refractivity contribution is 5.72. The summed E-state index contributed by atoms with van der Waals surface area (Å²) in [5.74, 6) is 0.730. The topological polar surface area (TPSA) is 64.6 Å². The molecule has 26 heavy (non-hydrogen) atoms. The van der Waals surface area contributed by atoms with Crippen molar-refractivity contribution in [3.05, 3.63) is 11.6 Å². The summed E-state index contributed by atoms with van der Waals surface area (Å²) in [6, 6.07) is 0. The molecule has 1 N–H and O–H groups in total. The van der Waals surface area contributed by atoms with E-state index in [2.05, 4.69) is 18.3 Å². The molecule has 2 rings (SSSR count). The van der Waals surface area contributed by atoms with Gasteiger partial charge < -0.3 is 14.8 Å². The van der Waals surface area contributed by atoms with Gasteiger partial charge in [-0.1, -0.05) is 18.6 Å². The number of hydrogen-bond acceptors (Lipinski definition) is 4. The van der Waals surface area contributed by atoms with E-state index in [1.165, 1.54) is 5.57 Å². The van der Waals surface area contributed by atoms with Gasteiger partial charge in [-0.2, -0.15) is 0 Å². The van der Waals surface area contributed by atoms with Crippen LogP contribution in [0.25, 0.3) is 0 Å². The number of rotatable bonds is 5. The van der Waals surface area contributed by atoms with Crippen molar-refractivity contribution in [3.8, 4) is 0 Å². The Bertz CT molecular complexity index is 582. The van der Waals surface area contributed by atoms with Crippen molar-refractivity contribution in [2.45, 2.75) is 85.4 Å². The zero-order valence-corrected chi connectivity index (χ0v) is 17.4. The molecule has 0 radical (unpaired) electrons. The molecule has 0 saturated heterocycles. The summed E-state index contributed by atoms with van der Waals surface area (Å²) in [5, 5.41) is 2.90. The van der Waals surface area contributed by atoms with Crippen LogP contribution in [-0.2, 0) is 14.3 Å². The molecule has 0 aliphatic heterocycles. The molecular formula is C21H35NO4. The molecule has 2 aliphatic rings. The van der Waals surface area contributed by atoms with E-state index >= 15 is 0 Å². The lowest BCUT2D eigenvalue weighted by atomic mass is 9.53. The van der Waals surface area contributed by atoms with Gasteiger partial charge in [0.15, 0.2) is 0 Å². The van der Waals surface area contributed by atoms with E-state index < -0.39 is 17.3 Å². The highest BCUT2D eigenvalue weighted by Gasteiger charge is 2.56. The van der Waals surface area contributed by atoms with Crippen LogP contribution in [0.3, 0.4) is 0 Å². The van der Waals surface area contributed by atoms with E-state index in [1.54, 1.807) is 0 Å². The summed E-state index contributed by atoms with van der Waals surface area (Å²) >= 11 is 0.